The molecule has 0 saturated heterocycles. The van der Waals surface area contributed by atoms with Crippen molar-refractivity contribution < 1.29 is 23.5 Å². The van der Waals surface area contributed by atoms with Crippen molar-refractivity contribution in [2.45, 2.75) is 32.5 Å². The summed E-state index contributed by atoms with van der Waals surface area (Å²) in [5, 5.41) is 6.06. The number of esters is 1. The SMILES string of the molecule is CCOC(=O)C(CCSC)NCc1ccc2c(c1)COC2=C1C(=O)Nc2ccc(F)cc21. The normalized spacial score (nSPS) is 17.4. The Bertz CT molecular complexity index is 1090. The third-order valence-electron chi connectivity index (χ3n) is 5.47. The van der Waals surface area contributed by atoms with E-state index in [0.29, 0.717) is 48.8 Å². The van der Waals surface area contributed by atoms with Gasteiger partial charge in [-0.15, -0.1) is 0 Å². The molecule has 168 valence electrons. The number of hydrogen-bond donors (Lipinski definition) is 2. The van der Waals surface area contributed by atoms with E-state index in [0.717, 1.165) is 22.4 Å². The minimum atomic E-state index is -0.407. The van der Waals surface area contributed by atoms with Crippen LogP contribution in [0.2, 0.25) is 0 Å². The highest BCUT2D eigenvalue weighted by Gasteiger charge is 2.32. The second kappa shape index (κ2) is 9.75. The van der Waals surface area contributed by atoms with Crippen LogP contribution in [0.5, 0.6) is 0 Å². The Hall–Kier alpha value is -2.84. The number of thioether (sulfide) groups is 1. The molecular weight excluding hydrogens is 431 g/mol. The Morgan fingerprint density at radius 2 is 2.12 bits per heavy atom. The summed E-state index contributed by atoms with van der Waals surface area (Å²) in [5.41, 5.74) is 4.20. The van der Waals surface area contributed by atoms with Gasteiger partial charge in [0.15, 0.2) is 0 Å². The molecule has 2 aliphatic rings. The Morgan fingerprint density at radius 3 is 2.91 bits per heavy atom. The van der Waals surface area contributed by atoms with Crippen LogP contribution in [0.4, 0.5) is 10.1 Å². The van der Waals surface area contributed by atoms with E-state index in [1.807, 2.05) is 24.5 Å². The van der Waals surface area contributed by atoms with E-state index in [9.17, 15) is 14.0 Å². The zero-order chi connectivity index (χ0) is 22.7. The number of carbonyl (C=O) groups is 2. The van der Waals surface area contributed by atoms with Crippen LogP contribution < -0.4 is 10.6 Å². The molecule has 0 aromatic heterocycles. The Labute approximate surface area is 190 Å². The van der Waals surface area contributed by atoms with Crippen molar-refractivity contribution in [1.29, 1.82) is 0 Å². The van der Waals surface area contributed by atoms with Crippen molar-refractivity contribution >= 4 is 40.7 Å². The van der Waals surface area contributed by atoms with Gasteiger partial charge in [0.05, 0.1) is 12.2 Å². The molecule has 1 unspecified atom stereocenters. The predicted molar refractivity (Wildman–Crippen MR) is 123 cm³/mol. The third-order valence-corrected chi connectivity index (χ3v) is 6.12. The second-order valence-corrected chi connectivity index (χ2v) is 8.58. The molecule has 0 saturated carbocycles. The first-order valence-electron chi connectivity index (χ1n) is 10.5. The molecule has 2 heterocycles. The number of rotatable bonds is 8. The van der Waals surface area contributed by atoms with E-state index in [-0.39, 0.29) is 17.9 Å². The average Bonchev–Trinajstić information content (AvgIpc) is 3.32. The summed E-state index contributed by atoms with van der Waals surface area (Å²) in [7, 11) is 0. The molecule has 1 amide bonds. The van der Waals surface area contributed by atoms with Gasteiger partial charge in [-0.25, -0.2) is 4.39 Å². The van der Waals surface area contributed by atoms with Crippen molar-refractivity contribution in [3.05, 3.63) is 64.5 Å². The number of ether oxygens (including phenoxy) is 2. The summed E-state index contributed by atoms with van der Waals surface area (Å²) in [5.74, 6) is 0.373. The first kappa shape index (κ1) is 22.4. The fourth-order valence-electron chi connectivity index (χ4n) is 3.92. The van der Waals surface area contributed by atoms with Crippen LogP contribution in [0, 0.1) is 5.82 Å². The lowest BCUT2D eigenvalue weighted by atomic mass is 9.99. The van der Waals surface area contributed by atoms with Gasteiger partial charge in [-0.1, -0.05) is 18.2 Å². The molecule has 2 N–H and O–H groups in total. The molecule has 0 radical (unpaired) electrons. The van der Waals surface area contributed by atoms with E-state index in [1.54, 1.807) is 24.8 Å². The summed E-state index contributed by atoms with van der Waals surface area (Å²) in [4.78, 5) is 24.8. The summed E-state index contributed by atoms with van der Waals surface area (Å²) in [6, 6.07) is 9.71. The largest absolute Gasteiger partial charge is 0.487 e. The quantitative estimate of drug-likeness (QED) is 0.463. The maximum Gasteiger partial charge on any atom is 0.323 e. The van der Waals surface area contributed by atoms with Gasteiger partial charge in [-0.2, -0.15) is 11.8 Å². The van der Waals surface area contributed by atoms with Crippen molar-refractivity contribution in [3.63, 3.8) is 0 Å². The van der Waals surface area contributed by atoms with Crippen LogP contribution >= 0.6 is 11.8 Å². The van der Waals surface area contributed by atoms with E-state index in [4.69, 9.17) is 9.47 Å². The molecule has 2 aromatic rings. The summed E-state index contributed by atoms with van der Waals surface area (Å²) in [6.45, 7) is 2.98. The second-order valence-electron chi connectivity index (χ2n) is 7.60. The summed E-state index contributed by atoms with van der Waals surface area (Å²) < 4.78 is 24.8. The van der Waals surface area contributed by atoms with Gasteiger partial charge in [0.1, 0.15) is 24.2 Å². The lowest BCUT2D eigenvalue weighted by Crippen LogP contribution is -2.38. The Kier molecular flexibility index (Phi) is 6.81. The van der Waals surface area contributed by atoms with Crippen LogP contribution in [0.1, 0.15) is 35.6 Å². The van der Waals surface area contributed by atoms with Gasteiger partial charge in [0.2, 0.25) is 0 Å². The van der Waals surface area contributed by atoms with Gasteiger partial charge in [-0.3, -0.25) is 9.59 Å². The summed E-state index contributed by atoms with van der Waals surface area (Å²) >= 11 is 1.69. The van der Waals surface area contributed by atoms with Crippen LogP contribution in [0.25, 0.3) is 11.3 Å². The maximum absolute atomic E-state index is 13.8. The molecule has 2 aromatic carbocycles. The number of nitrogens with one attached hydrogen (secondary N) is 2. The van der Waals surface area contributed by atoms with Crippen molar-refractivity contribution in [3.8, 4) is 0 Å². The molecule has 0 spiro atoms. The van der Waals surface area contributed by atoms with Gasteiger partial charge in [0, 0.05) is 28.9 Å². The highest BCUT2D eigenvalue weighted by molar-refractivity contribution is 7.98. The molecule has 32 heavy (non-hydrogen) atoms. The van der Waals surface area contributed by atoms with E-state index in [1.165, 1.54) is 12.1 Å². The zero-order valence-electron chi connectivity index (χ0n) is 18.0. The molecule has 1 atom stereocenters. The number of carbonyl (C=O) groups excluding carboxylic acids is 2. The van der Waals surface area contributed by atoms with Gasteiger partial charge < -0.3 is 20.1 Å². The van der Waals surface area contributed by atoms with E-state index < -0.39 is 5.82 Å². The first-order valence-corrected chi connectivity index (χ1v) is 11.9. The van der Waals surface area contributed by atoms with Gasteiger partial charge in [0.25, 0.3) is 5.91 Å². The van der Waals surface area contributed by atoms with Crippen molar-refractivity contribution in [2.75, 3.05) is 23.9 Å². The lowest BCUT2D eigenvalue weighted by Gasteiger charge is -2.17. The number of halogens is 1. The fraction of sp³-hybridized carbons (Fsp3) is 0.333. The third kappa shape index (κ3) is 4.52. The van der Waals surface area contributed by atoms with Gasteiger partial charge in [-0.05, 0) is 49.1 Å². The number of benzene rings is 2. The minimum Gasteiger partial charge on any atom is -0.487 e. The topological polar surface area (TPSA) is 76.7 Å². The molecule has 6 nitrogen and oxygen atoms in total. The van der Waals surface area contributed by atoms with Crippen molar-refractivity contribution in [1.82, 2.24) is 5.32 Å². The Balaban J connectivity index is 1.55. The highest BCUT2D eigenvalue weighted by Crippen LogP contribution is 2.41. The molecule has 2 aliphatic heterocycles. The summed E-state index contributed by atoms with van der Waals surface area (Å²) in [6.07, 6.45) is 2.70. The highest BCUT2D eigenvalue weighted by atomic mass is 32.2. The standard InChI is InChI=1S/C24H25FN2O4S/c1-3-30-24(29)20(8-9-32-2)26-12-14-4-6-17-15(10-14)13-31-22(17)21-18-11-16(25)5-7-19(18)27-23(21)28/h4-7,10-11,20,26H,3,8-9,12-13H2,1-2H3,(H,27,28). The zero-order valence-corrected chi connectivity index (χ0v) is 18.8. The molecule has 0 fully saturated rings. The number of hydrogen-bond acceptors (Lipinski definition) is 6. The Morgan fingerprint density at radius 1 is 1.28 bits per heavy atom. The smallest absolute Gasteiger partial charge is 0.323 e. The van der Waals surface area contributed by atoms with Crippen molar-refractivity contribution in [2.24, 2.45) is 0 Å². The molecule has 0 aliphatic carbocycles. The maximum atomic E-state index is 13.8. The first-order chi connectivity index (χ1) is 15.5. The predicted octanol–water partition coefficient (Wildman–Crippen LogP) is 3.95. The average molecular weight is 457 g/mol. The number of anilines is 1. The van der Waals surface area contributed by atoms with Crippen LogP contribution in [-0.4, -0.2) is 36.5 Å². The van der Waals surface area contributed by atoms with E-state index >= 15 is 0 Å². The molecule has 4 rings (SSSR count). The van der Waals surface area contributed by atoms with Crippen LogP contribution in [0.15, 0.2) is 36.4 Å². The molecule has 0 bridgehead atoms. The van der Waals surface area contributed by atoms with Gasteiger partial charge >= 0.3 is 5.97 Å². The fourth-order valence-corrected chi connectivity index (χ4v) is 4.39. The molecular formula is C24H25FN2O4S. The minimum absolute atomic E-state index is 0.240. The molecule has 8 heteroatoms. The van der Waals surface area contributed by atoms with Crippen LogP contribution in [0.3, 0.4) is 0 Å². The number of amides is 1. The van der Waals surface area contributed by atoms with E-state index in [2.05, 4.69) is 10.6 Å². The van der Waals surface area contributed by atoms with Crippen LogP contribution in [-0.2, 0) is 32.2 Å². The number of fused-ring (bicyclic) bond motifs is 2. The monoisotopic (exact) mass is 456 g/mol. The lowest BCUT2D eigenvalue weighted by molar-refractivity contribution is -0.145.